The van der Waals surface area contributed by atoms with Gasteiger partial charge in [-0.15, -0.1) is 0 Å². The fraction of sp³-hybridized carbons (Fsp3) is 0.579. The first-order valence-electron chi connectivity index (χ1n) is 9.07. The molecule has 25 heavy (non-hydrogen) atoms. The van der Waals surface area contributed by atoms with Crippen LogP contribution in [-0.4, -0.2) is 66.9 Å². The lowest BCUT2D eigenvalue weighted by molar-refractivity contribution is -0.125. The molecule has 0 aliphatic carbocycles. The molecule has 2 N–H and O–H groups in total. The van der Waals surface area contributed by atoms with E-state index in [1.165, 1.54) is 0 Å². The van der Waals surface area contributed by atoms with E-state index in [2.05, 4.69) is 27.5 Å². The average Bonchev–Trinajstić information content (AvgIpc) is 2.96. The molecule has 6 nitrogen and oxygen atoms in total. The Bertz CT molecular complexity index is 607. The SMILES string of the molecule is CN1CC[C@@H]2[C@H]1C(=O)NC[C@H](CCC(=O)NCc1ccccc1)N2C. The molecule has 136 valence electrons. The minimum Gasteiger partial charge on any atom is -0.353 e. The smallest absolute Gasteiger partial charge is 0.239 e. The van der Waals surface area contributed by atoms with Gasteiger partial charge in [0.15, 0.2) is 0 Å². The van der Waals surface area contributed by atoms with E-state index in [0.717, 1.165) is 24.9 Å². The number of hydrogen-bond donors (Lipinski definition) is 2. The summed E-state index contributed by atoms with van der Waals surface area (Å²) in [5, 5.41) is 6.03. The van der Waals surface area contributed by atoms with E-state index in [1.54, 1.807) is 0 Å². The average molecular weight is 344 g/mol. The van der Waals surface area contributed by atoms with Gasteiger partial charge in [-0.25, -0.2) is 0 Å². The maximum absolute atomic E-state index is 12.3. The Morgan fingerprint density at radius 3 is 2.80 bits per heavy atom. The number of rotatable bonds is 5. The molecule has 2 amide bonds. The molecule has 2 heterocycles. The second-order valence-corrected chi connectivity index (χ2v) is 7.15. The summed E-state index contributed by atoms with van der Waals surface area (Å²) >= 11 is 0. The van der Waals surface area contributed by atoms with Crippen LogP contribution in [0.5, 0.6) is 0 Å². The first-order valence-corrected chi connectivity index (χ1v) is 9.07. The summed E-state index contributed by atoms with van der Waals surface area (Å²) in [6.45, 7) is 2.12. The fourth-order valence-electron chi connectivity index (χ4n) is 3.95. The Kier molecular flexibility index (Phi) is 5.71. The minimum atomic E-state index is -0.0677. The second-order valence-electron chi connectivity index (χ2n) is 7.15. The maximum Gasteiger partial charge on any atom is 0.239 e. The molecule has 2 aliphatic heterocycles. The normalized spacial score (nSPS) is 27.4. The monoisotopic (exact) mass is 344 g/mol. The Morgan fingerprint density at radius 2 is 2.04 bits per heavy atom. The maximum atomic E-state index is 12.3. The summed E-state index contributed by atoms with van der Waals surface area (Å²) in [6.07, 6.45) is 2.23. The van der Waals surface area contributed by atoms with Crippen molar-refractivity contribution in [3.05, 3.63) is 35.9 Å². The van der Waals surface area contributed by atoms with Crippen LogP contribution in [0.4, 0.5) is 0 Å². The standard InChI is InChI=1S/C19H28N4O2/c1-22-11-10-16-18(22)19(25)21-13-15(23(16)2)8-9-17(24)20-12-14-6-4-3-5-7-14/h3-7,15-16,18H,8-13H2,1-2H3,(H,20,24)(H,21,25)/t15-,16+,18-/m0/s1. The summed E-state index contributed by atoms with van der Waals surface area (Å²) in [7, 11) is 4.10. The molecule has 0 bridgehead atoms. The molecule has 0 unspecified atom stereocenters. The first-order chi connectivity index (χ1) is 12.1. The van der Waals surface area contributed by atoms with Crippen LogP contribution in [0.1, 0.15) is 24.8 Å². The highest BCUT2D eigenvalue weighted by Crippen LogP contribution is 2.25. The number of likely N-dealkylation sites (N-methyl/N-ethyl adjacent to an activating group) is 2. The van der Waals surface area contributed by atoms with Crippen LogP contribution < -0.4 is 10.6 Å². The predicted molar refractivity (Wildman–Crippen MR) is 96.9 cm³/mol. The van der Waals surface area contributed by atoms with E-state index in [1.807, 2.05) is 37.4 Å². The Morgan fingerprint density at radius 1 is 1.28 bits per heavy atom. The molecule has 0 radical (unpaired) electrons. The minimum absolute atomic E-state index is 0.0629. The molecule has 0 aromatic heterocycles. The first kappa shape index (κ1) is 17.9. The quantitative estimate of drug-likeness (QED) is 0.820. The third-order valence-electron chi connectivity index (χ3n) is 5.53. The van der Waals surface area contributed by atoms with Crippen molar-refractivity contribution in [2.75, 3.05) is 27.2 Å². The number of nitrogens with one attached hydrogen (secondary N) is 2. The van der Waals surface area contributed by atoms with Crippen LogP contribution in [0.3, 0.4) is 0 Å². The van der Waals surface area contributed by atoms with E-state index >= 15 is 0 Å². The van der Waals surface area contributed by atoms with Gasteiger partial charge in [-0.2, -0.15) is 0 Å². The van der Waals surface area contributed by atoms with Gasteiger partial charge in [0.2, 0.25) is 11.8 Å². The second kappa shape index (κ2) is 7.97. The van der Waals surface area contributed by atoms with Gasteiger partial charge in [0, 0.05) is 38.1 Å². The molecule has 3 rings (SSSR count). The van der Waals surface area contributed by atoms with E-state index in [9.17, 15) is 9.59 Å². The largest absolute Gasteiger partial charge is 0.353 e. The molecule has 0 spiro atoms. The van der Waals surface area contributed by atoms with Crippen LogP contribution in [0.2, 0.25) is 0 Å². The highest BCUT2D eigenvalue weighted by atomic mass is 16.2. The third kappa shape index (κ3) is 4.19. The van der Waals surface area contributed by atoms with Crippen LogP contribution in [0.25, 0.3) is 0 Å². The molecule has 2 saturated heterocycles. The molecule has 2 fully saturated rings. The molecular formula is C19H28N4O2. The number of amides is 2. The van der Waals surface area contributed by atoms with Gasteiger partial charge < -0.3 is 10.6 Å². The van der Waals surface area contributed by atoms with E-state index < -0.39 is 0 Å². The molecule has 3 atom stereocenters. The van der Waals surface area contributed by atoms with Gasteiger partial charge in [-0.05, 0) is 32.5 Å². The Hall–Kier alpha value is -1.92. The van der Waals surface area contributed by atoms with Gasteiger partial charge in [-0.3, -0.25) is 19.4 Å². The lowest BCUT2D eigenvalue weighted by atomic mass is 10.0. The van der Waals surface area contributed by atoms with Crippen molar-refractivity contribution < 1.29 is 9.59 Å². The van der Waals surface area contributed by atoms with Crippen molar-refractivity contribution in [1.29, 1.82) is 0 Å². The van der Waals surface area contributed by atoms with Crippen LogP contribution in [-0.2, 0) is 16.1 Å². The van der Waals surface area contributed by atoms with Crippen LogP contribution in [0, 0.1) is 0 Å². The predicted octanol–water partition coefficient (Wildman–Crippen LogP) is 0.586. The van der Waals surface area contributed by atoms with E-state index in [-0.39, 0.29) is 29.9 Å². The molecule has 2 aliphatic rings. The van der Waals surface area contributed by atoms with E-state index in [4.69, 9.17) is 0 Å². The number of carbonyl (C=O) groups excluding carboxylic acids is 2. The number of nitrogens with zero attached hydrogens (tertiary/aromatic N) is 2. The topological polar surface area (TPSA) is 64.7 Å². The zero-order valence-electron chi connectivity index (χ0n) is 15.1. The van der Waals surface area contributed by atoms with Crippen LogP contribution in [0.15, 0.2) is 30.3 Å². The van der Waals surface area contributed by atoms with E-state index in [0.29, 0.717) is 19.5 Å². The lowest BCUT2D eigenvalue weighted by Gasteiger charge is -2.32. The zero-order valence-corrected chi connectivity index (χ0v) is 15.1. The van der Waals surface area contributed by atoms with Crippen molar-refractivity contribution in [3.8, 4) is 0 Å². The fourth-order valence-corrected chi connectivity index (χ4v) is 3.95. The number of fused-ring (bicyclic) bond motifs is 1. The van der Waals surface area contributed by atoms with Gasteiger partial charge in [0.05, 0.1) is 0 Å². The Labute approximate surface area is 149 Å². The summed E-state index contributed by atoms with van der Waals surface area (Å²) in [5.74, 6) is 0.181. The summed E-state index contributed by atoms with van der Waals surface area (Å²) in [4.78, 5) is 28.9. The molecular weight excluding hydrogens is 316 g/mol. The zero-order chi connectivity index (χ0) is 17.8. The molecule has 0 saturated carbocycles. The van der Waals surface area contributed by atoms with Crippen LogP contribution >= 0.6 is 0 Å². The third-order valence-corrected chi connectivity index (χ3v) is 5.53. The van der Waals surface area contributed by atoms with Crippen molar-refractivity contribution in [3.63, 3.8) is 0 Å². The van der Waals surface area contributed by atoms with Crippen molar-refractivity contribution in [1.82, 2.24) is 20.4 Å². The van der Waals surface area contributed by atoms with Gasteiger partial charge in [0.1, 0.15) is 6.04 Å². The summed E-state index contributed by atoms with van der Waals surface area (Å²) in [5.41, 5.74) is 1.10. The van der Waals surface area contributed by atoms with Crippen molar-refractivity contribution in [2.45, 2.75) is 43.9 Å². The van der Waals surface area contributed by atoms with Crippen molar-refractivity contribution >= 4 is 11.8 Å². The van der Waals surface area contributed by atoms with Crippen molar-refractivity contribution in [2.24, 2.45) is 0 Å². The summed E-state index contributed by atoms with van der Waals surface area (Å²) in [6, 6.07) is 10.3. The van der Waals surface area contributed by atoms with Gasteiger partial charge in [0.25, 0.3) is 0 Å². The number of benzene rings is 1. The highest BCUT2D eigenvalue weighted by Gasteiger charge is 2.43. The number of likely N-dealkylation sites (tertiary alicyclic amines) is 1. The highest BCUT2D eigenvalue weighted by molar-refractivity contribution is 5.83. The molecule has 6 heteroatoms. The van der Waals surface area contributed by atoms with Gasteiger partial charge in [-0.1, -0.05) is 30.3 Å². The number of carbonyl (C=O) groups is 2. The number of hydrogen-bond acceptors (Lipinski definition) is 4. The molecule has 1 aromatic rings. The summed E-state index contributed by atoms with van der Waals surface area (Å²) < 4.78 is 0. The van der Waals surface area contributed by atoms with Gasteiger partial charge >= 0.3 is 0 Å². The Balaban J connectivity index is 1.50. The lowest BCUT2D eigenvalue weighted by Crippen LogP contribution is -2.48. The molecule has 1 aromatic carbocycles.